The molecule has 1 saturated heterocycles. The Morgan fingerprint density at radius 1 is 1.20 bits per heavy atom. The van der Waals surface area contributed by atoms with Gasteiger partial charge in [-0.25, -0.2) is 4.79 Å². The topological polar surface area (TPSA) is 124 Å². The molecule has 1 heterocycles. The van der Waals surface area contributed by atoms with Gasteiger partial charge in [0.15, 0.2) is 0 Å². The quantitative estimate of drug-likeness (QED) is 0.591. The van der Waals surface area contributed by atoms with Crippen LogP contribution >= 0.6 is 0 Å². The molecule has 8 heteroatoms. The van der Waals surface area contributed by atoms with E-state index in [1.165, 1.54) is 4.90 Å². The number of urea groups is 1. The molecular weight excluding hydrogens is 266 g/mol. The van der Waals surface area contributed by atoms with Crippen LogP contribution in [-0.2, 0) is 9.59 Å². The summed E-state index contributed by atoms with van der Waals surface area (Å²) in [6, 6.07) is -0.507. The number of carboxylic acids is 1. The van der Waals surface area contributed by atoms with Gasteiger partial charge in [0.2, 0.25) is 5.91 Å². The lowest BCUT2D eigenvalue weighted by Crippen LogP contribution is -2.48. The number of hydrogen-bond donors (Lipinski definition) is 3. The van der Waals surface area contributed by atoms with Gasteiger partial charge in [0.05, 0.1) is 6.10 Å². The van der Waals surface area contributed by atoms with Crippen LogP contribution in [0.5, 0.6) is 0 Å². The maximum atomic E-state index is 12.3. The van der Waals surface area contributed by atoms with E-state index in [0.717, 1.165) is 17.7 Å². The minimum Gasteiger partial charge on any atom is -0.480 e. The van der Waals surface area contributed by atoms with Crippen molar-refractivity contribution in [2.45, 2.75) is 18.9 Å². The zero-order chi connectivity index (χ0) is 14.9. The zero-order valence-corrected chi connectivity index (χ0v) is 11.1. The molecule has 2 aliphatic rings. The van der Waals surface area contributed by atoms with Crippen LogP contribution < -0.4 is 5.73 Å². The van der Waals surface area contributed by atoms with Gasteiger partial charge in [0.25, 0.3) is 0 Å². The van der Waals surface area contributed by atoms with E-state index in [2.05, 4.69) is 0 Å². The summed E-state index contributed by atoms with van der Waals surface area (Å²) in [6.45, 7) is -0.0787. The van der Waals surface area contributed by atoms with Crippen molar-refractivity contribution in [1.29, 1.82) is 0 Å². The number of carbonyl (C=O) groups excluding carboxylic acids is 2. The molecule has 0 aromatic carbocycles. The number of aliphatic carboxylic acids is 1. The van der Waals surface area contributed by atoms with E-state index in [4.69, 9.17) is 10.8 Å². The molecule has 3 atom stereocenters. The van der Waals surface area contributed by atoms with E-state index in [1.54, 1.807) is 0 Å². The Kier molecular flexibility index (Phi) is 4.12. The molecule has 20 heavy (non-hydrogen) atoms. The van der Waals surface area contributed by atoms with Gasteiger partial charge >= 0.3 is 12.0 Å². The summed E-state index contributed by atoms with van der Waals surface area (Å²) in [4.78, 5) is 36.4. The van der Waals surface area contributed by atoms with Crippen LogP contribution in [0.1, 0.15) is 12.8 Å². The number of likely N-dealkylation sites (tertiary alicyclic amines) is 1. The Balaban J connectivity index is 2.01. The summed E-state index contributed by atoms with van der Waals surface area (Å²) >= 11 is 0. The first-order valence-electron chi connectivity index (χ1n) is 6.60. The Labute approximate surface area is 116 Å². The fourth-order valence-electron chi connectivity index (χ4n) is 3.14. The van der Waals surface area contributed by atoms with Crippen LogP contribution in [0.15, 0.2) is 0 Å². The number of carbonyl (C=O) groups is 3. The predicted molar refractivity (Wildman–Crippen MR) is 67.6 cm³/mol. The lowest BCUT2D eigenvalue weighted by atomic mass is 10.00. The highest BCUT2D eigenvalue weighted by Crippen LogP contribution is 2.38. The van der Waals surface area contributed by atoms with Crippen molar-refractivity contribution in [3.63, 3.8) is 0 Å². The van der Waals surface area contributed by atoms with Crippen LogP contribution in [0.3, 0.4) is 0 Å². The molecule has 4 N–H and O–H groups in total. The Bertz CT molecular complexity index is 411. The van der Waals surface area contributed by atoms with Crippen molar-refractivity contribution in [2.24, 2.45) is 17.6 Å². The largest absolute Gasteiger partial charge is 0.480 e. The van der Waals surface area contributed by atoms with Crippen LogP contribution in [0.2, 0.25) is 0 Å². The Morgan fingerprint density at radius 2 is 1.90 bits per heavy atom. The Morgan fingerprint density at radius 3 is 2.45 bits per heavy atom. The van der Waals surface area contributed by atoms with Gasteiger partial charge in [-0.15, -0.1) is 0 Å². The third-order valence-electron chi connectivity index (χ3n) is 4.03. The molecular formula is C12H19N3O5. The number of nitrogens with two attached hydrogens (primary N) is 1. The van der Waals surface area contributed by atoms with Crippen LogP contribution in [0.25, 0.3) is 0 Å². The first kappa shape index (κ1) is 14.6. The maximum absolute atomic E-state index is 12.3. The van der Waals surface area contributed by atoms with Gasteiger partial charge in [-0.1, -0.05) is 0 Å². The molecule has 1 aliphatic heterocycles. The normalized spacial score (nSPS) is 28.2. The van der Waals surface area contributed by atoms with Crippen molar-refractivity contribution >= 4 is 17.9 Å². The van der Waals surface area contributed by atoms with Crippen LogP contribution in [-0.4, -0.2) is 70.2 Å². The summed E-state index contributed by atoms with van der Waals surface area (Å²) in [7, 11) is 0. The first-order chi connectivity index (χ1) is 9.38. The van der Waals surface area contributed by atoms with Crippen molar-refractivity contribution in [1.82, 2.24) is 9.80 Å². The van der Waals surface area contributed by atoms with Crippen molar-refractivity contribution < 1.29 is 24.6 Å². The van der Waals surface area contributed by atoms with E-state index in [-0.39, 0.29) is 11.8 Å². The fourth-order valence-corrected chi connectivity index (χ4v) is 3.14. The SMILES string of the molecule is NC(=O)CN(CC(=O)O)C(=O)N1CC2CCC(O)C2C1. The number of aliphatic hydroxyl groups excluding tert-OH is 1. The molecule has 2 fully saturated rings. The molecule has 0 aromatic rings. The molecule has 3 unspecified atom stereocenters. The number of fused-ring (bicyclic) bond motifs is 1. The predicted octanol–water partition coefficient (Wildman–Crippen LogP) is -1.32. The van der Waals surface area contributed by atoms with Gasteiger partial charge in [-0.3, -0.25) is 9.59 Å². The van der Waals surface area contributed by atoms with Crippen molar-refractivity contribution in [3.8, 4) is 0 Å². The average Bonchev–Trinajstić information content (AvgIpc) is 2.89. The Hall–Kier alpha value is -1.83. The van der Waals surface area contributed by atoms with E-state index in [0.29, 0.717) is 13.1 Å². The van der Waals surface area contributed by atoms with E-state index in [1.807, 2.05) is 0 Å². The summed E-state index contributed by atoms with van der Waals surface area (Å²) in [5, 5.41) is 18.6. The van der Waals surface area contributed by atoms with Gasteiger partial charge in [-0.05, 0) is 18.8 Å². The summed E-state index contributed by atoms with van der Waals surface area (Å²) in [5.74, 6) is -1.63. The summed E-state index contributed by atoms with van der Waals surface area (Å²) in [6.07, 6.45) is 1.21. The van der Waals surface area contributed by atoms with Gasteiger partial charge in [0, 0.05) is 19.0 Å². The first-order valence-corrected chi connectivity index (χ1v) is 6.60. The molecule has 8 nitrogen and oxygen atoms in total. The van der Waals surface area contributed by atoms with Crippen molar-refractivity contribution in [2.75, 3.05) is 26.2 Å². The van der Waals surface area contributed by atoms with Crippen LogP contribution in [0, 0.1) is 11.8 Å². The minimum atomic E-state index is -1.20. The number of amides is 3. The molecule has 3 amide bonds. The zero-order valence-electron chi connectivity index (χ0n) is 11.1. The van der Waals surface area contributed by atoms with E-state index in [9.17, 15) is 19.5 Å². The van der Waals surface area contributed by atoms with E-state index >= 15 is 0 Å². The highest BCUT2D eigenvalue weighted by Gasteiger charge is 2.44. The second kappa shape index (κ2) is 5.66. The highest BCUT2D eigenvalue weighted by molar-refractivity contribution is 5.86. The second-order valence-corrected chi connectivity index (χ2v) is 5.47. The number of rotatable bonds is 4. The summed E-state index contributed by atoms with van der Waals surface area (Å²) < 4.78 is 0. The molecule has 0 aromatic heterocycles. The summed E-state index contributed by atoms with van der Waals surface area (Å²) in [5.41, 5.74) is 5.04. The third-order valence-corrected chi connectivity index (χ3v) is 4.03. The van der Waals surface area contributed by atoms with Crippen LogP contribution in [0.4, 0.5) is 4.79 Å². The molecule has 112 valence electrons. The number of hydrogen-bond acceptors (Lipinski definition) is 4. The smallest absolute Gasteiger partial charge is 0.323 e. The average molecular weight is 285 g/mol. The van der Waals surface area contributed by atoms with Gasteiger partial charge in [0.1, 0.15) is 13.1 Å². The number of aliphatic hydroxyl groups is 1. The van der Waals surface area contributed by atoms with Crippen molar-refractivity contribution in [3.05, 3.63) is 0 Å². The number of primary amides is 1. The molecule has 2 rings (SSSR count). The molecule has 0 bridgehead atoms. The molecule has 1 saturated carbocycles. The lowest BCUT2D eigenvalue weighted by Gasteiger charge is -2.26. The highest BCUT2D eigenvalue weighted by atomic mass is 16.4. The number of nitrogens with zero attached hydrogens (tertiary/aromatic N) is 2. The monoisotopic (exact) mass is 285 g/mol. The molecule has 0 spiro atoms. The fraction of sp³-hybridized carbons (Fsp3) is 0.750. The maximum Gasteiger partial charge on any atom is 0.323 e. The molecule has 0 radical (unpaired) electrons. The minimum absolute atomic E-state index is 0.0548. The molecule has 1 aliphatic carbocycles. The second-order valence-electron chi connectivity index (χ2n) is 5.47. The van der Waals surface area contributed by atoms with Gasteiger partial charge in [-0.2, -0.15) is 0 Å². The third kappa shape index (κ3) is 3.01. The number of carboxylic acid groups (broad SMARTS) is 1. The van der Waals surface area contributed by atoms with E-state index < -0.39 is 37.1 Å². The standard InChI is InChI=1S/C12H19N3O5/c13-10(17)5-15(6-11(18)19)12(20)14-3-7-1-2-9(16)8(7)4-14/h7-9,16H,1-6H2,(H2,13,17)(H,18,19). The lowest BCUT2D eigenvalue weighted by molar-refractivity contribution is -0.138. The van der Waals surface area contributed by atoms with Gasteiger partial charge < -0.3 is 25.7 Å².